The minimum atomic E-state index is -0.114. The molecule has 0 fully saturated rings. The lowest BCUT2D eigenvalue weighted by Gasteiger charge is -2.15. The van der Waals surface area contributed by atoms with Crippen molar-refractivity contribution in [2.45, 2.75) is 25.8 Å². The predicted octanol–water partition coefficient (Wildman–Crippen LogP) is 2.19. The molecule has 0 aliphatic heterocycles. The number of hydrogen-bond acceptors (Lipinski definition) is 2. The second-order valence-electron chi connectivity index (χ2n) is 4.14. The summed E-state index contributed by atoms with van der Waals surface area (Å²) in [6.45, 7) is 1.91. The first-order valence-corrected chi connectivity index (χ1v) is 5.74. The quantitative estimate of drug-likeness (QED) is 0.834. The zero-order chi connectivity index (χ0) is 11.5. The number of nitrogens with one attached hydrogen (secondary N) is 1. The molecule has 1 unspecified atom stereocenters. The molecule has 0 amide bonds. The van der Waals surface area contributed by atoms with E-state index in [-0.39, 0.29) is 11.8 Å². The van der Waals surface area contributed by atoms with E-state index in [2.05, 4.69) is 23.5 Å². The van der Waals surface area contributed by atoms with Crippen LogP contribution in [0.3, 0.4) is 0 Å². The van der Waals surface area contributed by atoms with E-state index < -0.39 is 0 Å². The maximum absolute atomic E-state index is 11.8. The van der Waals surface area contributed by atoms with E-state index in [0.717, 1.165) is 6.42 Å². The number of carbonyl (C=O) groups excluding carboxylic acids is 1. The van der Waals surface area contributed by atoms with E-state index in [9.17, 15) is 4.79 Å². The lowest BCUT2D eigenvalue weighted by molar-refractivity contribution is -0.119. The van der Waals surface area contributed by atoms with E-state index in [4.69, 9.17) is 0 Å². The number of likely N-dealkylation sites (N-methyl/N-ethyl adjacent to an activating group) is 1. The van der Waals surface area contributed by atoms with Gasteiger partial charge < -0.3 is 5.32 Å². The normalized spacial score (nSPS) is 15.5. The Morgan fingerprint density at radius 1 is 1.44 bits per heavy atom. The first-order chi connectivity index (χ1) is 7.76. The molecule has 1 aromatic rings. The van der Waals surface area contributed by atoms with Gasteiger partial charge in [0.05, 0.1) is 6.04 Å². The van der Waals surface area contributed by atoms with Crippen LogP contribution in [0.1, 0.15) is 24.5 Å². The first kappa shape index (κ1) is 11.1. The lowest BCUT2D eigenvalue weighted by Crippen LogP contribution is -2.35. The third-order valence-electron chi connectivity index (χ3n) is 3.12. The fraction of sp³-hybridized carbons (Fsp3) is 0.357. The van der Waals surface area contributed by atoms with Crippen molar-refractivity contribution in [1.82, 2.24) is 5.32 Å². The molecule has 16 heavy (non-hydrogen) atoms. The molecule has 1 aliphatic carbocycles. The molecule has 84 valence electrons. The molecule has 2 heteroatoms. The number of ketones is 1. The molecule has 1 N–H and O–H groups in total. The molecule has 2 nitrogen and oxygen atoms in total. The van der Waals surface area contributed by atoms with Gasteiger partial charge in [-0.15, -0.1) is 0 Å². The van der Waals surface area contributed by atoms with Crippen LogP contribution in [-0.2, 0) is 11.2 Å². The zero-order valence-corrected chi connectivity index (χ0v) is 9.79. The standard InChI is InChI=1S/C14H17NO/c1-3-13(16)14(15-2)12-8-10-6-4-5-7-11(10)9-12/h4-8,14-15H,3,9H2,1-2H3. The van der Waals surface area contributed by atoms with E-state index in [1.165, 1.54) is 16.7 Å². The Morgan fingerprint density at radius 3 is 2.81 bits per heavy atom. The van der Waals surface area contributed by atoms with Crippen LogP contribution in [0.5, 0.6) is 0 Å². The Morgan fingerprint density at radius 2 is 2.19 bits per heavy atom. The van der Waals surface area contributed by atoms with Crippen molar-refractivity contribution in [3.8, 4) is 0 Å². The molecule has 1 atom stereocenters. The number of rotatable bonds is 4. The van der Waals surface area contributed by atoms with Crippen molar-refractivity contribution in [2.75, 3.05) is 7.05 Å². The number of benzene rings is 1. The second-order valence-corrected chi connectivity index (χ2v) is 4.14. The van der Waals surface area contributed by atoms with Crippen molar-refractivity contribution in [3.05, 3.63) is 41.0 Å². The van der Waals surface area contributed by atoms with Gasteiger partial charge >= 0.3 is 0 Å². The highest BCUT2D eigenvalue weighted by molar-refractivity contribution is 5.89. The van der Waals surface area contributed by atoms with Crippen LogP contribution in [0.25, 0.3) is 6.08 Å². The topological polar surface area (TPSA) is 29.1 Å². The summed E-state index contributed by atoms with van der Waals surface area (Å²) < 4.78 is 0. The lowest BCUT2D eigenvalue weighted by atomic mass is 9.99. The number of Topliss-reactive ketones (excluding diaryl/α,β-unsaturated/α-hetero) is 1. The molecule has 0 bridgehead atoms. The average Bonchev–Trinajstić information content (AvgIpc) is 2.72. The summed E-state index contributed by atoms with van der Waals surface area (Å²) in [5.74, 6) is 0.265. The summed E-state index contributed by atoms with van der Waals surface area (Å²) in [4.78, 5) is 11.8. The fourth-order valence-electron chi connectivity index (χ4n) is 2.25. The molecular weight excluding hydrogens is 198 g/mol. The van der Waals surface area contributed by atoms with Crippen molar-refractivity contribution in [2.24, 2.45) is 0 Å². The van der Waals surface area contributed by atoms with E-state index in [1.54, 1.807) is 0 Å². The maximum atomic E-state index is 11.8. The van der Waals surface area contributed by atoms with Gasteiger partial charge in [-0.3, -0.25) is 4.79 Å². The Hall–Kier alpha value is -1.41. The number of hydrogen-bond donors (Lipinski definition) is 1. The van der Waals surface area contributed by atoms with Crippen LogP contribution in [0.15, 0.2) is 29.8 Å². The molecule has 0 saturated heterocycles. The summed E-state index contributed by atoms with van der Waals surface area (Å²) in [5, 5.41) is 3.11. The van der Waals surface area contributed by atoms with Crippen LogP contribution >= 0.6 is 0 Å². The second kappa shape index (κ2) is 4.62. The van der Waals surface area contributed by atoms with Crippen molar-refractivity contribution in [1.29, 1.82) is 0 Å². The van der Waals surface area contributed by atoms with Crippen molar-refractivity contribution >= 4 is 11.9 Å². The summed E-state index contributed by atoms with van der Waals surface area (Å²) >= 11 is 0. The summed E-state index contributed by atoms with van der Waals surface area (Å²) in [7, 11) is 1.85. The van der Waals surface area contributed by atoms with Crippen molar-refractivity contribution in [3.63, 3.8) is 0 Å². The molecule has 0 aromatic heterocycles. The van der Waals surface area contributed by atoms with Gasteiger partial charge in [0.25, 0.3) is 0 Å². The molecule has 0 radical (unpaired) electrons. The van der Waals surface area contributed by atoms with E-state index >= 15 is 0 Å². The van der Waals surface area contributed by atoms with Crippen LogP contribution in [0.2, 0.25) is 0 Å². The molecule has 0 heterocycles. The number of fused-ring (bicyclic) bond motifs is 1. The van der Waals surface area contributed by atoms with Crippen LogP contribution in [-0.4, -0.2) is 18.9 Å². The molecule has 0 spiro atoms. The highest BCUT2D eigenvalue weighted by Crippen LogP contribution is 2.27. The van der Waals surface area contributed by atoms with Crippen LogP contribution in [0.4, 0.5) is 0 Å². The van der Waals surface area contributed by atoms with Gasteiger partial charge in [-0.2, -0.15) is 0 Å². The average molecular weight is 215 g/mol. The third-order valence-corrected chi connectivity index (χ3v) is 3.12. The van der Waals surface area contributed by atoms with Gasteiger partial charge in [0, 0.05) is 6.42 Å². The molecule has 1 aliphatic rings. The van der Waals surface area contributed by atoms with Crippen LogP contribution in [0, 0.1) is 0 Å². The van der Waals surface area contributed by atoms with Gasteiger partial charge in [-0.25, -0.2) is 0 Å². The Labute approximate surface area is 96.4 Å². The van der Waals surface area contributed by atoms with Gasteiger partial charge in [0.15, 0.2) is 5.78 Å². The highest BCUT2D eigenvalue weighted by Gasteiger charge is 2.23. The summed E-state index contributed by atoms with van der Waals surface area (Å²) in [6.07, 6.45) is 3.62. The van der Waals surface area contributed by atoms with E-state index in [0.29, 0.717) is 6.42 Å². The van der Waals surface area contributed by atoms with Gasteiger partial charge in [-0.05, 0) is 30.2 Å². The molecule has 2 rings (SSSR count). The number of carbonyl (C=O) groups is 1. The monoisotopic (exact) mass is 215 g/mol. The minimum Gasteiger partial charge on any atom is -0.307 e. The maximum Gasteiger partial charge on any atom is 0.153 e. The zero-order valence-electron chi connectivity index (χ0n) is 9.79. The molecular formula is C14H17NO. The van der Waals surface area contributed by atoms with Gasteiger partial charge in [0.1, 0.15) is 0 Å². The SMILES string of the molecule is CCC(=O)C(NC)C1=Cc2ccccc2C1. The fourth-order valence-corrected chi connectivity index (χ4v) is 2.25. The van der Waals surface area contributed by atoms with E-state index in [1.807, 2.05) is 26.1 Å². The molecule has 1 aromatic carbocycles. The summed E-state index contributed by atoms with van der Waals surface area (Å²) in [6, 6.07) is 8.20. The third kappa shape index (κ3) is 1.93. The highest BCUT2D eigenvalue weighted by atomic mass is 16.1. The largest absolute Gasteiger partial charge is 0.307 e. The Kier molecular flexibility index (Phi) is 3.20. The van der Waals surface area contributed by atoms with Gasteiger partial charge in [0.2, 0.25) is 0 Å². The Balaban J connectivity index is 2.23. The molecule has 0 saturated carbocycles. The van der Waals surface area contributed by atoms with Crippen LogP contribution < -0.4 is 5.32 Å². The smallest absolute Gasteiger partial charge is 0.153 e. The minimum absolute atomic E-state index is 0.114. The first-order valence-electron chi connectivity index (χ1n) is 5.74. The predicted molar refractivity (Wildman–Crippen MR) is 66.3 cm³/mol. The van der Waals surface area contributed by atoms with Crippen molar-refractivity contribution < 1.29 is 4.79 Å². The summed E-state index contributed by atoms with van der Waals surface area (Å²) in [5.41, 5.74) is 3.76. The Bertz CT molecular complexity index is 434. The van der Waals surface area contributed by atoms with Gasteiger partial charge in [-0.1, -0.05) is 37.3 Å².